The van der Waals surface area contributed by atoms with Crippen molar-refractivity contribution in [2.45, 2.75) is 12.5 Å². The fourth-order valence-corrected chi connectivity index (χ4v) is 3.48. The number of para-hydroxylation sites is 2. The number of hydrogen-bond acceptors (Lipinski definition) is 3. The summed E-state index contributed by atoms with van der Waals surface area (Å²) in [7, 11) is 0. The van der Waals surface area contributed by atoms with E-state index in [1.54, 1.807) is 30.3 Å². The molecule has 5 heteroatoms. The molecule has 0 radical (unpaired) electrons. The highest BCUT2D eigenvalue weighted by molar-refractivity contribution is 6.06. The van der Waals surface area contributed by atoms with Crippen molar-refractivity contribution in [1.82, 2.24) is 5.32 Å². The Labute approximate surface area is 169 Å². The Morgan fingerprint density at radius 2 is 1.62 bits per heavy atom. The molecule has 1 aliphatic heterocycles. The number of hydrogen-bond donors (Lipinski definition) is 3. The third kappa shape index (κ3) is 3.75. The first kappa shape index (κ1) is 18.5. The summed E-state index contributed by atoms with van der Waals surface area (Å²) in [5, 5.41) is 5.83. The molecule has 0 fully saturated rings. The average molecular weight is 383 g/mol. The standard InChI is InChI=1S/C24H21N3O2/c1-15-18-6-2-3-7-19(18)24(29)27-22(15)14-16-10-12-17(13-11-16)23(28)26-21-9-5-4-8-20(21)25/h2-13,22H,1,14,25H2,(H,26,28)(H,27,29). The molecule has 3 aromatic carbocycles. The van der Waals surface area contributed by atoms with Crippen LogP contribution in [0.5, 0.6) is 0 Å². The molecule has 29 heavy (non-hydrogen) atoms. The number of nitrogens with one attached hydrogen (secondary N) is 2. The molecule has 1 unspecified atom stereocenters. The van der Waals surface area contributed by atoms with Crippen molar-refractivity contribution >= 4 is 28.8 Å². The lowest BCUT2D eigenvalue weighted by Gasteiger charge is -2.28. The quantitative estimate of drug-likeness (QED) is 0.598. The van der Waals surface area contributed by atoms with Gasteiger partial charge in [0, 0.05) is 11.1 Å². The van der Waals surface area contributed by atoms with Gasteiger partial charge in [0.15, 0.2) is 0 Å². The molecule has 1 atom stereocenters. The van der Waals surface area contributed by atoms with Crippen LogP contribution in [-0.4, -0.2) is 17.9 Å². The van der Waals surface area contributed by atoms with Crippen LogP contribution in [0.15, 0.2) is 79.4 Å². The average Bonchev–Trinajstić information content (AvgIpc) is 2.74. The highest BCUT2D eigenvalue weighted by Gasteiger charge is 2.27. The Hall–Kier alpha value is -3.86. The summed E-state index contributed by atoms with van der Waals surface area (Å²) < 4.78 is 0. The Morgan fingerprint density at radius 3 is 2.34 bits per heavy atom. The number of nitrogens with two attached hydrogens (primary N) is 1. The van der Waals surface area contributed by atoms with E-state index in [0.29, 0.717) is 28.9 Å². The Morgan fingerprint density at radius 1 is 0.966 bits per heavy atom. The van der Waals surface area contributed by atoms with E-state index < -0.39 is 0 Å². The molecule has 0 aliphatic carbocycles. The molecule has 0 spiro atoms. The van der Waals surface area contributed by atoms with E-state index in [1.165, 1.54) is 0 Å². The van der Waals surface area contributed by atoms with Gasteiger partial charge in [-0.25, -0.2) is 0 Å². The molecule has 5 nitrogen and oxygen atoms in total. The van der Waals surface area contributed by atoms with Gasteiger partial charge in [0.1, 0.15) is 0 Å². The van der Waals surface area contributed by atoms with Crippen molar-refractivity contribution in [2.24, 2.45) is 0 Å². The number of anilines is 2. The SMILES string of the molecule is C=C1c2ccccc2C(=O)NC1Cc1ccc(C(=O)Nc2ccccc2N)cc1. The minimum Gasteiger partial charge on any atom is -0.397 e. The largest absolute Gasteiger partial charge is 0.397 e. The minimum atomic E-state index is -0.223. The fourth-order valence-electron chi connectivity index (χ4n) is 3.48. The zero-order chi connectivity index (χ0) is 20.4. The molecular weight excluding hydrogens is 362 g/mol. The molecule has 1 aliphatic rings. The van der Waals surface area contributed by atoms with E-state index in [2.05, 4.69) is 17.2 Å². The van der Waals surface area contributed by atoms with Gasteiger partial charge in [-0.2, -0.15) is 0 Å². The molecule has 0 aromatic heterocycles. The van der Waals surface area contributed by atoms with Crippen LogP contribution in [0.2, 0.25) is 0 Å². The van der Waals surface area contributed by atoms with Crippen molar-refractivity contribution in [3.8, 4) is 0 Å². The summed E-state index contributed by atoms with van der Waals surface area (Å²) >= 11 is 0. The van der Waals surface area contributed by atoms with E-state index in [9.17, 15) is 9.59 Å². The second kappa shape index (κ2) is 7.64. The van der Waals surface area contributed by atoms with Gasteiger partial charge in [-0.3, -0.25) is 9.59 Å². The van der Waals surface area contributed by atoms with Crippen molar-refractivity contribution in [1.29, 1.82) is 0 Å². The Balaban J connectivity index is 1.46. The molecule has 3 aromatic rings. The molecule has 4 N–H and O–H groups in total. The van der Waals surface area contributed by atoms with E-state index in [1.807, 2.05) is 42.5 Å². The molecular formula is C24H21N3O2. The summed E-state index contributed by atoms with van der Waals surface area (Å²) in [6, 6.07) is 21.8. The fraction of sp³-hybridized carbons (Fsp3) is 0.0833. The van der Waals surface area contributed by atoms with Gasteiger partial charge in [-0.1, -0.05) is 49.0 Å². The highest BCUT2D eigenvalue weighted by atomic mass is 16.2. The number of carbonyl (C=O) groups is 2. The molecule has 0 bridgehead atoms. The predicted molar refractivity (Wildman–Crippen MR) is 116 cm³/mol. The van der Waals surface area contributed by atoms with E-state index in [-0.39, 0.29) is 17.9 Å². The third-order valence-electron chi connectivity index (χ3n) is 5.11. The first-order valence-electron chi connectivity index (χ1n) is 9.37. The van der Waals surface area contributed by atoms with Gasteiger partial charge in [-0.15, -0.1) is 0 Å². The van der Waals surface area contributed by atoms with Crippen LogP contribution in [0.1, 0.15) is 31.8 Å². The summed E-state index contributed by atoms with van der Waals surface area (Å²) in [5.74, 6) is -0.312. The van der Waals surface area contributed by atoms with Crippen molar-refractivity contribution in [3.63, 3.8) is 0 Å². The lowest BCUT2D eigenvalue weighted by Crippen LogP contribution is -2.41. The second-order valence-corrected chi connectivity index (χ2v) is 7.04. The predicted octanol–water partition coefficient (Wildman–Crippen LogP) is 3.89. The molecule has 0 saturated heterocycles. The van der Waals surface area contributed by atoms with Gasteiger partial charge in [-0.05, 0) is 53.5 Å². The first-order chi connectivity index (χ1) is 14.0. The van der Waals surface area contributed by atoms with Gasteiger partial charge >= 0.3 is 0 Å². The number of amides is 2. The smallest absolute Gasteiger partial charge is 0.255 e. The topological polar surface area (TPSA) is 84.2 Å². The Bertz CT molecular complexity index is 1100. The molecule has 0 saturated carbocycles. The maximum atomic E-state index is 12.5. The van der Waals surface area contributed by atoms with Crippen LogP contribution < -0.4 is 16.4 Å². The summed E-state index contributed by atoms with van der Waals surface area (Å²) in [4.78, 5) is 24.8. The normalized spacial score (nSPS) is 15.4. The zero-order valence-corrected chi connectivity index (χ0v) is 15.8. The number of carbonyl (C=O) groups excluding carboxylic acids is 2. The van der Waals surface area contributed by atoms with Crippen molar-refractivity contribution in [2.75, 3.05) is 11.1 Å². The van der Waals surface area contributed by atoms with E-state index in [4.69, 9.17) is 5.73 Å². The van der Waals surface area contributed by atoms with E-state index in [0.717, 1.165) is 16.7 Å². The first-order valence-corrected chi connectivity index (χ1v) is 9.37. The molecule has 4 rings (SSSR count). The summed E-state index contributed by atoms with van der Waals surface area (Å²) in [6.07, 6.45) is 0.604. The van der Waals surface area contributed by atoms with Crippen molar-refractivity contribution in [3.05, 3.63) is 102 Å². The van der Waals surface area contributed by atoms with Crippen LogP contribution in [-0.2, 0) is 6.42 Å². The molecule has 144 valence electrons. The highest BCUT2D eigenvalue weighted by Crippen LogP contribution is 2.27. The maximum Gasteiger partial charge on any atom is 0.255 e. The zero-order valence-electron chi connectivity index (χ0n) is 15.8. The lowest BCUT2D eigenvalue weighted by atomic mass is 9.87. The number of benzene rings is 3. The molecule has 1 heterocycles. The van der Waals surface area contributed by atoms with Crippen LogP contribution in [0.25, 0.3) is 5.57 Å². The molecule has 2 amide bonds. The van der Waals surface area contributed by atoms with Gasteiger partial charge < -0.3 is 16.4 Å². The number of rotatable bonds is 4. The lowest BCUT2D eigenvalue weighted by molar-refractivity contribution is 0.0940. The van der Waals surface area contributed by atoms with Gasteiger partial charge in [0.2, 0.25) is 0 Å². The van der Waals surface area contributed by atoms with E-state index >= 15 is 0 Å². The number of nitrogen functional groups attached to an aromatic ring is 1. The maximum absolute atomic E-state index is 12.5. The third-order valence-corrected chi connectivity index (χ3v) is 5.11. The Kier molecular flexibility index (Phi) is 4.87. The second-order valence-electron chi connectivity index (χ2n) is 7.04. The van der Waals surface area contributed by atoms with Crippen LogP contribution in [0.3, 0.4) is 0 Å². The monoisotopic (exact) mass is 383 g/mol. The summed E-state index contributed by atoms with van der Waals surface area (Å²) in [5.41, 5.74) is 11.0. The van der Waals surface area contributed by atoms with Gasteiger partial charge in [0.05, 0.1) is 17.4 Å². The van der Waals surface area contributed by atoms with Crippen molar-refractivity contribution < 1.29 is 9.59 Å². The number of fused-ring (bicyclic) bond motifs is 1. The van der Waals surface area contributed by atoms with Crippen LogP contribution in [0, 0.1) is 0 Å². The van der Waals surface area contributed by atoms with Gasteiger partial charge in [0.25, 0.3) is 11.8 Å². The van der Waals surface area contributed by atoms with Crippen LogP contribution in [0.4, 0.5) is 11.4 Å². The minimum absolute atomic E-state index is 0.0885. The summed E-state index contributed by atoms with van der Waals surface area (Å²) in [6.45, 7) is 4.18. The van der Waals surface area contributed by atoms with Crippen LogP contribution >= 0.6 is 0 Å².